The van der Waals surface area contributed by atoms with Crippen LogP contribution < -0.4 is 0 Å². The zero-order valence-corrected chi connectivity index (χ0v) is 20.3. The zero-order valence-electron chi connectivity index (χ0n) is 20.3. The molecule has 0 aliphatic carbocycles. The first-order valence-corrected chi connectivity index (χ1v) is 13.0. The van der Waals surface area contributed by atoms with Crippen LogP contribution in [-0.2, 0) is 14.3 Å². The van der Waals surface area contributed by atoms with Gasteiger partial charge in [0.15, 0.2) is 0 Å². The highest BCUT2D eigenvalue weighted by molar-refractivity contribution is 5.95. The van der Waals surface area contributed by atoms with Crippen molar-refractivity contribution in [3.05, 3.63) is 12.2 Å². The first-order valence-electron chi connectivity index (χ1n) is 13.0. The molecule has 30 heavy (non-hydrogen) atoms. The largest absolute Gasteiger partial charge is 0.390 e. The van der Waals surface area contributed by atoms with Crippen molar-refractivity contribution in [3.8, 4) is 0 Å². The van der Waals surface area contributed by atoms with Crippen LogP contribution in [0.1, 0.15) is 149 Å². The monoisotopic (exact) mass is 422 g/mol. The van der Waals surface area contributed by atoms with Gasteiger partial charge in [0.25, 0.3) is 0 Å². The summed E-state index contributed by atoms with van der Waals surface area (Å²) < 4.78 is 4.67. The molecule has 0 aliphatic rings. The predicted octanol–water partition coefficient (Wildman–Crippen LogP) is 8.84. The maximum atomic E-state index is 11.5. The minimum Gasteiger partial charge on any atom is -0.390 e. The summed E-state index contributed by atoms with van der Waals surface area (Å²) in [5.41, 5.74) is 0.270. The van der Waals surface area contributed by atoms with E-state index >= 15 is 0 Å². The van der Waals surface area contributed by atoms with Gasteiger partial charge in [0.1, 0.15) is 0 Å². The van der Waals surface area contributed by atoms with Gasteiger partial charge in [-0.05, 0) is 13.3 Å². The van der Waals surface area contributed by atoms with Crippen LogP contribution in [0, 0.1) is 0 Å². The molecule has 0 fully saturated rings. The fraction of sp³-hybridized carbons (Fsp3) is 0.852. The van der Waals surface area contributed by atoms with E-state index in [1.165, 1.54) is 116 Å². The Hall–Kier alpha value is -1.12. The van der Waals surface area contributed by atoms with E-state index in [4.69, 9.17) is 0 Å². The highest BCUT2D eigenvalue weighted by Crippen LogP contribution is 2.15. The number of unbranched alkanes of at least 4 members (excludes halogenated alkanes) is 19. The molecule has 0 amide bonds. The van der Waals surface area contributed by atoms with Crippen LogP contribution in [0.4, 0.5) is 0 Å². The highest BCUT2D eigenvalue weighted by atomic mass is 16.6. The molecule has 0 saturated heterocycles. The summed E-state index contributed by atoms with van der Waals surface area (Å²) in [5.74, 6) is -1.03. The minimum absolute atomic E-state index is 0.270. The van der Waals surface area contributed by atoms with Crippen LogP contribution in [0.3, 0.4) is 0 Å². The first kappa shape index (κ1) is 28.9. The molecule has 0 bridgehead atoms. The molecule has 3 heteroatoms. The van der Waals surface area contributed by atoms with E-state index in [-0.39, 0.29) is 5.57 Å². The molecular weight excluding hydrogens is 372 g/mol. The lowest BCUT2D eigenvalue weighted by atomic mass is 10.0. The second-order valence-electron chi connectivity index (χ2n) is 9.01. The number of ether oxygens (including phenoxy) is 1. The molecule has 0 aromatic heterocycles. The number of carbonyl (C=O) groups is 2. The quantitative estimate of drug-likeness (QED) is 0.0757. The molecule has 0 aliphatic heterocycles. The summed E-state index contributed by atoms with van der Waals surface area (Å²) in [7, 11) is 0. The van der Waals surface area contributed by atoms with Gasteiger partial charge in [0, 0.05) is 12.0 Å². The fourth-order valence-corrected chi connectivity index (χ4v) is 3.77. The Bertz CT molecular complexity index is 428. The van der Waals surface area contributed by atoms with Gasteiger partial charge >= 0.3 is 11.9 Å². The van der Waals surface area contributed by atoms with Crippen LogP contribution in [0.2, 0.25) is 0 Å². The van der Waals surface area contributed by atoms with Gasteiger partial charge in [0.2, 0.25) is 0 Å². The molecule has 0 N–H and O–H groups in total. The molecule has 0 aromatic carbocycles. The standard InChI is InChI=1S/C27H50O3/c1-4-5-6-7-8-9-10-11-12-13-14-15-16-17-18-19-20-21-22-23-24-26(28)30-27(29)25(2)3/h2,4-24H2,1,3H3. The second-order valence-corrected chi connectivity index (χ2v) is 9.01. The van der Waals surface area contributed by atoms with E-state index in [2.05, 4.69) is 18.2 Å². The Morgan fingerprint density at radius 3 is 1.17 bits per heavy atom. The minimum atomic E-state index is -0.604. The maximum absolute atomic E-state index is 11.5. The second kappa shape index (κ2) is 22.6. The Morgan fingerprint density at radius 1 is 0.567 bits per heavy atom. The third-order valence-corrected chi connectivity index (χ3v) is 5.79. The van der Waals surface area contributed by atoms with Crippen LogP contribution >= 0.6 is 0 Å². The number of esters is 2. The van der Waals surface area contributed by atoms with E-state index in [1.807, 2.05) is 0 Å². The van der Waals surface area contributed by atoms with E-state index in [0.29, 0.717) is 6.42 Å². The summed E-state index contributed by atoms with van der Waals surface area (Å²) in [6.45, 7) is 7.30. The summed E-state index contributed by atoms with van der Waals surface area (Å²) in [6.07, 6.45) is 27.1. The van der Waals surface area contributed by atoms with Crippen molar-refractivity contribution < 1.29 is 14.3 Å². The van der Waals surface area contributed by atoms with Crippen molar-refractivity contribution >= 4 is 11.9 Å². The van der Waals surface area contributed by atoms with Crippen LogP contribution in [0.5, 0.6) is 0 Å². The van der Waals surface area contributed by atoms with Gasteiger partial charge in [0.05, 0.1) is 0 Å². The SMILES string of the molecule is C=C(C)C(=O)OC(=O)CCCCCCCCCCCCCCCCCCCCCC. The van der Waals surface area contributed by atoms with Crippen molar-refractivity contribution in [2.24, 2.45) is 0 Å². The third-order valence-electron chi connectivity index (χ3n) is 5.79. The number of hydrogen-bond donors (Lipinski definition) is 0. The van der Waals surface area contributed by atoms with Gasteiger partial charge < -0.3 is 4.74 Å². The number of carbonyl (C=O) groups excluding carboxylic acids is 2. The van der Waals surface area contributed by atoms with Gasteiger partial charge in [-0.1, -0.05) is 135 Å². The highest BCUT2D eigenvalue weighted by Gasteiger charge is 2.10. The van der Waals surface area contributed by atoms with Crippen molar-refractivity contribution in [1.29, 1.82) is 0 Å². The van der Waals surface area contributed by atoms with Crippen LogP contribution in [-0.4, -0.2) is 11.9 Å². The first-order chi connectivity index (χ1) is 14.6. The smallest absolute Gasteiger partial charge is 0.340 e. The van der Waals surface area contributed by atoms with Gasteiger partial charge in [-0.2, -0.15) is 0 Å². The normalized spacial score (nSPS) is 10.9. The molecule has 0 spiro atoms. The molecular formula is C27H50O3. The third kappa shape index (κ3) is 21.6. The maximum Gasteiger partial charge on any atom is 0.340 e. The lowest BCUT2D eigenvalue weighted by Crippen LogP contribution is -2.12. The zero-order chi connectivity index (χ0) is 22.3. The van der Waals surface area contributed by atoms with Crippen molar-refractivity contribution in [1.82, 2.24) is 0 Å². The van der Waals surface area contributed by atoms with E-state index in [9.17, 15) is 9.59 Å². The van der Waals surface area contributed by atoms with Crippen LogP contribution in [0.15, 0.2) is 12.2 Å². The number of hydrogen-bond acceptors (Lipinski definition) is 3. The molecule has 0 saturated carbocycles. The van der Waals surface area contributed by atoms with Gasteiger partial charge in [-0.15, -0.1) is 0 Å². The topological polar surface area (TPSA) is 43.4 Å². The molecule has 0 atom stereocenters. The Morgan fingerprint density at radius 2 is 0.867 bits per heavy atom. The summed E-state index contributed by atoms with van der Waals surface area (Å²) in [6, 6.07) is 0. The van der Waals surface area contributed by atoms with Crippen molar-refractivity contribution in [3.63, 3.8) is 0 Å². The van der Waals surface area contributed by atoms with Gasteiger partial charge in [-0.3, -0.25) is 4.79 Å². The van der Waals surface area contributed by atoms with Crippen LogP contribution in [0.25, 0.3) is 0 Å². The Balaban J connectivity index is 3.15. The van der Waals surface area contributed by atoms with E-state index in [0.717, 1.165) is 12.8 Å². The van der Waals surface area contributed by atoms with Crippen molar-refractivity contribution in [2.75, 3.05) is 0 Å². The van der Waals surface area contributed by atoms with Gasteiger partial charge in [-0.25, -0.2) is 4.79 Å². The molecule has 0 rings (SSSR count). The Kier molecular flexibility index (Phi) is 21.7. The Labute approximate surface area is 187 Å². The van der Waals surface area contributed by atoms with Crippen molar-refractivity contribution in [2.45, 2.75) is 149 Å². The van der Waals surface area contributed by atoms with E-state index < -0.39 is 11.9 Å². The lowest BCUT2D eigenvalue weighted by Gasteiger charge is -2.04. The molecule has 3 nitrogen and oxygen atoms in total. The molecule has 0 heterocycles. The summed E-state index contributed by atoms with van der Waals surface area (Å²) in [4.78, 5) is 22.7. The summed E-state index contributed by atoms with van der Waals surface area (Å²) >= 11 is 0. The molecule has 0 aromatic rings. The predicted molar refractivity (Wildman–Crippen MR) is 129 cm³/mol. The lowest BCUT2D eigenvalue weighted by molar-refractivity contribution is -0.156. The molecule has 0 radical (unpaired) electrons. The average molecular weight is 423 g/mol. The van der Waals surface area contributed by atoms with E-state index in [1.54, 1.807) is 6.92 Å². The molecule has 0 unspecified atom stereocenters. The average Bonchev–Trinajstić information content (AvgIpc) is 2.72. The fourth-order valence-electron chi connectivity index (χ4n) is 3.77. The summed E-state index contributed by atoms with van der Waals surface area (Å²) in [5, 5.41) is 0. The molecule has 176 valence electrons. The number of rotatable bonds is 22.